The number of benzene rings is 2. The summed E-state index contributed by atoms with van der Waals surface area (Å²) in [7, 11) is 2.22. The van der Waals surface area contributed by atoms with Crippen LogP contribution in [0.5, 0.6) is 0 Å². The molecule has 27 heavy (non-hydrogen) atoms. The van der Waals surface area contributed by atoms with Gasteiger partial charge in [-0.2, -0.15) is 0 Å². The molecule has 1 saturated heterocycles. The van der Waals surface area contributed by atoms with Gasteiger partial charge in [0, 0.05) is 50.7 Å². The Labute approximate surface area is 168 Å². The second-order valence-electron chi connectivity index (χ2n) is 7.65. The van der Waals surface area contributed by atoms with E-state index in [4.69, 9.17) is 23.2 Å². The van der Waals surface area contributed by atoms with E-state index in [0.717, 1.165) is 17.0 Å². The van der Waals surface area contributed by atoms with Crippen LogP contribution in [0, 0.1) is 0 Å². The van der Waals surface area contributed by atoms with Crippen LogP contribution in [0.2, 0.25) is 10.0 Å². The third kappa shape index (κ3) is 2.72. The number of ketones is 1. The van der Waals surface area contributed by atoms with Crippen LogP contribution in [0.4, 0.5) is 0 Å². The van der Waals surface area contributed by atoms with Gasteiger partial charge in [0.2, 0.25) is 0 Å². The Hall–Kier alpha value is -1.81. The fourth-order valence-corrected chi connectivity index (χ4v) is 5.18. The molecular formula is C22H20Cl2N2O. The third-order valence-electron chi connectivity index (χ3n) is 6.25. The Morgan fingerprint density at radius 1 is 1.07 bits per heavy atom. The molecule has 3 nitrogen and oxygen atoms in total. The largest absolute Gasteiger partial charge is 0.336 e. The molecule has 1 aromatic heterocycles. The molecule has 2 aliphatic rings. The lowest BCUT2D eigenvalue weighted by Gasteiger charge is -2.32. The van der Waals surface area contributed by atoms with Gasteiger partial charge in [0.25, 0.3) is 0 Å². The summed E-state index contributed by atoms with van der Waals surface area (Å²) in [5, 5.41) is 2.58. The van der Waals surface area contributed by atoms with Crippen molar-refractivity contribution in [2.75, 3.05) is 7.05 Å². The van der Waals surface area contributed by atoms with Crippen LogP contribution in [-0.2, 0) is 13.0 Å². The molecule has 0 spiro atoms. The average Bonchev–Trinajstić information content (AvgIpc) is 3.06. The lowest BCUT2D eigenvalue weighted by Crippen LogP contribution is -2.35. The summed E-state index contributed by atoms with van der Waals surface area (Å²) in [4.78, 5) is 15.5. The second-order valence-corrected chi connectivity index (χ2v) is 8.53. The van der Waals surface area contributed by atoms with Gasteiger partial charge in [-0.05, 0) is 67.9 Å². The summed E-state index contributed by atoms with van der Waals surface area (Å²) in [5.41, 5.74) is 4.47. The standard InChI is InChI=1S/C22H20Cl2N2O/c1-25-16-7-9-19(25)22-17-10-15(24)6-8-18(17)26(20(22)11-16)12-21(27)13-2-4-14(23)5-3-13/h2-6,8,10,16,19H,7,9,11-12H2,1H3. The first kappa shape index (κ1) is 17.3. The highest BCUT2D eigenvalue weighted by Gasteiger charge is 2.40. The van der Waals surface area contributed by atoms with Crippen molar-refractivity contribution in [2.24, 2.45) is 0 Å². The maximum Gasteiger partial charge on any atom is 0.182 e. The molecule has 3 aromatic rings. The molecule has 2 bridgehead atoms. The van der Waals surface area contributed by atoms with Crippen molar-refractivity contribution in [3.63, 3.8) is 0 Å². The van der Waals surface area contributed by atoms with Crippen LogP contribution < -0.4 is 0 Å². The molecular weight excluding hydrogens is 379 g/mol. The van der Waals surface area contributed by atoms with Gasteiger partial charge < -0.3 is 4.57 Å². The van der Waals surface area contributed by atoms with E-state index >= 15 is 0 Å². The normalized spacial score (nSPS) is 21.6. The van der Waals surface area contributed by atoms with Crippen molar-refractivity contribution in [1.29, 1.82) is 0 Å². The summed E-state index contributed by atoms with van der Waals surface area (Å²) in [5.74, 6) is 0.104. The quantitative estimate of drug-likeness (QED) is 0.542. The number of Topliss-reactive ketones (excluding diaryl/α,β-unsaturated/α-hetero) is 1. The average molecular weight is 399 g/mol. The van der Waals surface area contributed by atoms with Crippen LogP contribution in [0.3, 0.4) is 0 Å². The van der Waals surface area contributed by atoms with E-state index in [2.05, 4.69) is 28.6 Å². The van der Waals surface area contributed by atoms with E-state index < -0.39 is 0 Å². The predicted molar refractivity (Wildman–Crippen MR) is 110 cm³/mol. The number of fused-ring (bicyclic) bond motifs is 6. The van der Waals surface area contributed by atoms with Crippen LogP contribution in [0.25, 0.3) is 10.9 Å². The second kappa shape index (κ2) is 6.37. The Morgan fingerprint density at radius 3 is 2.59 bits per heavy atom. The minimum atomic E-state index is 0.104. The van der Waals surface area contributed by atoms with E-state index in [1.54, 1.807) is 24.3 Å². The van der Waals surface area contributed by atoms with Gasteiger partial charge in [-0.25, -0.2) is 0 Å². The maximum atomic E-state index is 13.0. The zero-order valence-electron chi connectivity index (χ0n) is 15.1. The zero-order valence-corrected chi connectivity index (χ0v) is 16.6. The summed E-state index contributed by atoms with van der Waals surface area (Å²) < 4.78 is 2.22. The van der Waals surface area contributed by atoms with Crippen LogP contribution in [0.1, 0.15) is 40.5 Å². The highest BCUT2D eigenvalue weighted by atomic mass is 35.5. The van der Waals surface area contributed by atoms with Gasteiger partial charge in [-0.3, -0.25) is 9.69 Å². The zero-order chi connectivity index (χ0) is 18.7. The topological polar surface area (TPSA) is 25.2 Å². The fraction of sp³-hybridized carbons (Fsp3) is 0.318. The molecule has 1 fully saturated rings. The summed E-state index contributed by atoms with van der Waals surface area (Å²) in [6, 6.07) is 14.2. The third-order valence-corrected chi connectivity index (χ3v) is 6.73. The molecule has 0 radical (unpaired) electrons. The first-order valence-electron chi connectivity index (χ1n) is 9.34. The summed E-state index contributed by atoms with van der Waals surface area (Å²) >= 11 is 12.3. The van der Waals surface area contributed by atoms with E-state index in [1.165, 1.54) is 29.5 Å². The monoisotopic (exact) mass is 398 g/mol. The van der Waals surface area contributed by atoms with Crippen molar-refractivity contribution in [2.45, 2.75) is 37.9 Å². The molecule has 2 atom stereocenters. The first-order valence-corrected chi connectivity index (χ1v) is 10.1. The van der Waals surface area contributed by atoms with E-state index in [9.17, 15) is 4.79 Å². The van der Waals surface area contributed by atoms with Crippen LogP contribution in [0.15, 0.2) is 42.5 Å². The van der Waals surface area contributed by atoms with Gasteiger partial charge in [-0.1, -0.05) is 23.2 Å². The first-order chi connectivity index (χ1) is 13.0. The number of hydrogen-bond acceptors (Lipinski definition) is 2. The molecule has 2 aliphatic heterocycles. The molecule has 2 unspecified atom stereocenters. The van der Waals surface area contributed by atoms with Crippen molar-refractivity contribution < 1.29 is 4.79 Å². The van der Waals surface area contributed by atoms with Gasteiger partial charge in [-0.15, -0.1) is 0 Å². The smallest absolute Gasteiger partial charge is 0.182 e. The van der Waals surface area contributed by atoms with Gasteiger partial charge >= 0.3 is 0 Å². The minimum Gasteiger partial charge on any atom is -0.336 e. The lowest BCUT2D eigenvalue weighted by molar-refractivity contribution is 0.0971. The summed E-state index contributed by atoms with van der Waals surface area (Å²) in [6.07, 6.45) is 3.37. The SMILES string of the molecule is CN1C2CCC1c1c(n(CC(=O)c3ccc(Cl)cc3)c3ccc(Cl)cc13)C2. The minimum absolute atomic E-state index is 0.104. The summed E-state index contributed by atoms with van der Waals surface area (Å²) in [6.45, 7) is 0.345. The number of carbonyl (C=O) groups excluding carboxylic acids is 1. The Balaban J connectivity index is 1.63. The molecule has 2 aromatic carbocycles. The molecule has 5 rings (SSSR count). The number of nitrogens with zero attached hydrogens (tertiary/aromatic N) is 2. The Morgan fingerprint density at radius 2 is 1.81 bits per heavy atom. The fourth-order valence-electron chi connectivity index (χ4n) is 4.88. The number of hydrogen-bond donors (Lipinski definition) is 0. The Kier molecular flexibility index (Phi) is 4.08. The highest BCUT2D eigenvalue weighted by molar-refractivity contribution is 6.31. The van der Waals surface area contributed by atoms with Gasteiger partial charge in [0.05, 0.1) is 6.54 Å². The molecule has 3 heterocycles. The van der Waals surface area contributed by atoms with E-state index in [1.807, 2.05) is 6.07 Å². The van der Waals surface area contributed by atoms with Gasteiger partial charge in [0.15, 0.2) is 5.78 Å². The number of halogens is 2. The molecule has 0 N–H and O–H groups in total. The van der Waals surface area contributed by atoms with Crippen molar-refractivity contribution >= 4 is 39.9 Å². The van der Waals surface area contributed by atoms with E-state index in [0.29, 0.717) is 29.2 Å². The molecule has 5 heteroatoms. The van der Waals surface area contributed by atoms with E-state index in [-0.39, 0.29) is 5.78 Å². The molecule has 138 valence electrons. The molecule has 0 saturated carbocycles. The number of rotatable bonds is 3. The number of carbonyl (C=O) groups is 1. The van der Waals surface area contributed by atoms with Crippen LogP contribution in [-0.4, -0.2) is 28.3 Å². The maximum absolute atomic E-state index is 13.0. The number of likely N-dealkylation sites (N-methyl/N-ethyl adjacent to an activating group) is 1. The Bertz CT molecular complexity index is 1050. The van der Waals surface area contributed by atoms with Crippen molar-refractivity contribution in [3.8, 4) is 0 Å². The van der Waals surface area contributed by atoms with Crippen LogP contribution >= 0.6 is 23.2 Å². The highest BCUT2D eigenvalue weighted by Crippen LogP contribution is 2.47. The predicted octanol–water partition coefficient (Wildman–Crippen LogP) is 5.52. The lowest BCUT2D eigenvalue weighted by atomic mass is 9.97. The molecule has 0 amide bonds. The molecule has 0 aliphatic carbocycles. The number of aromatic nitrogens is 1. The van der Waals surface area contributed by atoms with Gasteiger partial charge in [0.1, 0.15) is 0 Å². The van der Waals surface area contributed by atoms with Crippen molar-refractivity contribution in [1.82, 2.24) is 9.47 Å². The van der Waals surface area contributed by atoms with Crippen molar-refractivity contribution in [3.05, 3.63) is 69.3 Å².